The summed E-state index contributed by atoms with van der Waals surface area (Å²) in [7, 11) is 0. The first kappa shape index (κ1) is 46.4. The van der Waals surface area contributed by atoms with Crippen LogP contribution in [-0.4, -0.2) is 17.0 Å². The molecule has 0 aromatic carbocycles. The molecule has 0 spiro atoms. The van der Waals surface area contributed by atoms with Gasteiger partial charge < -0.3 is 10.8 Å². The Labute approximate surface area is 300 Å². The lowest BCUT2D eigenvalue weighted by atomic mass is 10.0. The molecule has 0 aromatic rings. The number of amides is 1. The van der Waals surface area contributed by atoms with Crippen LogP contribution in [0.3, 0.4) is 0 Å². The van der Waals surface area contributed by atoms with Crippen molar-refractivity contribution in [3.05, 3.63) is 23.3 Å². The van der Waals surface area contributed by atoms with Gasteiger partial charge in [-0.2, -0.15) is 0 Å². The first-order valence-electron chi connectivity index (χ1n) is 21.4. The van der Waals surface area contributed by atoms with E-state index in [1.54, 1.807) is 0 Å². The SMILES string of the molecule is CCCCCCCCCCCCCCCCC/C=C(\CCCC/C(=C\CCCCCCCCCCCCCCCCC)C(=O)O)C(N)=O. The van der Waals surface area contributed by atoms with E-state index in [2.05, 4.69) is 13.8 Å². The average Bonchev–Trinajstić information content (AvgIpc) is 3.07. The molecule has 0 saturated heterocycles. The highest BCUT2D eigenvalue weighted by Crippen LogP contribution is 2.18. The Morgan fingerprint density at radius 1 is 0.396 bits per heavy atom. The van der Waals surface area contributed by atoms with E-state index >= 15 is 0 Å². The Morgan fingerprint density at radius 2 is 0.646 bits per heavy atom. The fraction of sp³-hybridized carbons (Fsp3) is 0.864. The van der Waals surface area contributed by atoms with E-state index in [-0.39, 0.29) is 5.91 Å². The van der Waals surface area contributed by atoms with Crippen LogP contribution in [0.25, 0.3) is 0 Å². The number of carboxylic acid groups (broad SMARTS) is 1. The summed E-state index contributed by atoms with van der Waals surface area (Å²) < 4.78 is 0. The zero-order valence-electron chi connectivity index (χ0n) is 32.5. The second-order valence-corrected chi connectivity index (χ2v) is 14.8. The molecule has 0 saturated carbocycles. The molecule has 0 aliphatic carbocycles. The summed E-state index contributed by atoms with van der Waals surface area (Å²) in [4.78, 5) is 23.7. The van der Waals surface area contributed by atoms with Crippen LogP contribution in [0.2, 0.25) is 0 Å². The van der Waals surface area contributed by atoms with Gasteiger partial charge in [0.05, 0.1) is 0 Å². The fourth-order valence-electron chi connectivity index (χ4n) is 6.84. The van der Waals surface area contributed by atoms with Crippen molar-refractivity contribution in [2.24, 2.45) is 5.73 Å². The lowest BCUT2D eigenvalue weighted by Gasteiger charge is -2.06. The summed E-state index contributed by atoms with van der Waals surface area (Å²) in [5.41, 5.74) is 6.91. The molecular weight excluding hydrogens is 590 g/mol. The molecule has 4 heteroatoms. The van der Waals surface area contributed by atoms with Crippen molar-refractivity contribution >= 4 is 11.9 Å². The Bertz CT molecular complexity index is 707. The van der Waals surface area contributed by atoms with Crippen molar-refractivity contribution in [2.45, 2.75) is 245 Å². The highest BCUT2D eigenvalue weighted by atomic mass is 16.4. The molecule has 0 radical (unpaired) electrons. The van der Waals surface area contributed by atoms with Gasteiger partial charge in [0.1, 0.15) is 0 Å². The van der Waals surface area contributed by atoms with Crippen LogP contribution in [0.4, 0.5) is 0 Å². The third-order valence-electron chi connectivity index (χ3n) is 10.1. The Kier molecular flexibility index (Phi) is 37.0. The molecule has 0 bridgehead atoms. The van der Waals surface area contributed by atoms with Gasteiger partial charge in [0.25, 0.3) is 0 Å². The van der Waals surface area contributed by atoms with Crippen LogP contribution in [0, 0.1) is 0 Å². The molecule has 0 fully saturated rings. The van der Waals surface area contributed by atoms with E-state index in [4.69, 9.17) is 5.73 Å². The van der Waals surface area contributed by atoms with E-state index in [0.717, 1.165) is 44.1 Å². The molecule has 0 unspecified atom stereocenters. The number of carboxylic acids is 1. The zero-order chi connectivity index (χ0) is 35.2. The van der Waals surface area contributed by atoms with Crippen LogP contribution < -0.4 is 5.73 Å². The monoisotopic (exact) mass is 674 g/mol. The molecule has 3 N–H and O–H groups in total. The maximum atomic E-state index is 12.0. The normalized spacial score (nSPS) is 12.2. The molecule has 0 aliphatic heterocycles. The van der Waals surface area contributed by atoms with Gasteiger partial charge in [-0.1, -0.05) is 206 Å². The van der Waals surface area contributed by atoms with Gasteiger partial charge in [-0.3, -0.25) is 4.79 Å². The van der Waals surface area contributed by atoms with Crippen LogP contribution in [-0.2, 0) is 9.59 Å². The minimum atomic E-state index is -0.796. The quantitative estimate of drug-likeness (QED) is 0.0503. The van der Waals surface area contributed by atoms with E-state index < -0.39 is 5.97 Å². The van der Waals surface area contributed by atoms with Crippen LogP contribution in [0.15, 0.2) is 23.3 Å². The van der Waals surface area contributed by atoms with Crippen molar-refractivity contribution < 1.29 is 14.7 Å². The number of hydrogen-bond acceptors (Lipinski definition) is 2. The summed E-state index contributed by atoms with van der Waals surface area (Å²) in [6.45, 7) is 4.56. The van der Waals surface area contributed by atoms with Crippen LogP contribution in [0.5, 0.6) is 0 Å². The van der Waals surface area contributed by atoms with E-state index in [0.29, 0.717) is 18.4 Å². The standard InChI is InChI=1S/C44H83NO3/c1-3-5-7-9-11-13-15-17-19-21-23-25-27-29-31-33-37-41(43(45)46)38-35-36-40-42(44(47)48)39-34-32-30-28-26-24-22-20-18-16-14-12-10-8-6-4-2/h37,39H,3-36,38,40H2,1-2H3,(H2,45,46)(H,47,48)/b41-37+,42-39+. The third kappa shape index (κ3) is 34.3. The average molecular weight is 674 g/mol. The summed E-state index contributed by atoms with van der Waals surface area (Å²) in [5.74, 6) is -1.12. The predicted molar refractivity (Wildman–Crippen MR) is 211 cm³/mol. The predicted octanol–water partition coefficient (Wildman–Crippen LogP) is 14.5. The van der Waals surface area contributed by atoms with Crippen molar-refractivity contribution in [1.29, 1.82) is 0 Å². The molecule has 48 heavy (non-hydrogen) atoms. The maximum absolute atomic E-state index is 12.0. The number of carbonyl (C=O) groups excluding carboxylic acids is 1. The number of primary amides is 1. The van der Waals surface area contributed by atoms with Gasteiger partial charge in [-0.15, -0.1) is 0 Å². The Hall–Kier alpha value is -1.58. The minimum Gasteiger partial charge on any atom is -0.478 e. The molecule has 0 rings (SSSR count). The van der Waals surface area contributed by atoms with E-state index in [9.17, 15) is 14.7 Å². The topological polar surface area (TPSA) is 80.4 Å². The number of nitrogens with two attached hydrogens (primary N) is 1. The molecule has 0 heterocycles. The van der Waals surface area contributed by atoms with Crippen molar-refractivity contribution in [1.82, 2.24) is 0 Å². The molecule has 4 nitrogen and oxygen atoms in total. The molecule has 0 aromatic heterocycles. The number of unbranched alkanes of at least 4 members (excludes halogenated alkanes) is 31. The summed E-state index contributed by atoms with van der Waals surface area (Å²) >= 11 is 0. The highest BCUT2D eigenvalue weighted by Gasteiger charge is 2.09. The number of carbonyl (C=O) groups is 2. The number of allylic oxidation sites excluding steroid dienone is 2. The lowest BCUT2D eigenvalue weighted by Crippen LogP contribution is -2.14. The molecule has 0 atom stereocenters. The second-order valence-electron chi connectivity index (χ2n) is 14.8. The summed E-state index contributed by atoms with van der Waals surface area (Å²) in [6, 6.07) is 0. The van der Waals surface area contributed by atoms with Crippen LogP contribution >= 0.6 is 0 Å². The van der Waals surface area contributed by atoms with Gasteiger partial charge in [-0.05, 0) is 51.4 Å². The van der Waals surface area contributed by atoms with Gasteiger partial charge in [0.2, 0.25) is 5.91 Å². The first-order valence-corrected chi connectivity index (χ1v) is 21.4. The maximum Gasteiger partial charge on any atom is 0.331 e. The summed E-state index contributed by atoms with van der Waals surface area (Å²) in [6.07, 6.45) is 49.0. The number of aliphatic carboxylic acids is 1. The molecular formula is C44H83NO3. The second kappa shape index (κ2) is 38.2. The number of hydrogen-bond donors (Lipinski definition) is 2. The molecule has 282 valence electrons. The number of rotatable bonds is 39. The molecule has 1 amide bonds. The Morgan fingerprint density at radius 3 is 0.917 bits per heavy atom. The van der Waals surface area contributed by atoms with E-state index in [1.165, 1.54) is 180 Å². The zero-order valence-corrected chi connectivity index (χ0v) is 32.5. The summed E-state index contributed by atoms with van der Waals surface area (Å²) in [5, 5.41) is 9.65. The third-order valence-corrected chi connectivity index (χ3v) is 10.1. The largest absolute Gasteiger partial charge is 0.478 e. The van der Waals surface area contributed by atoms with Gasteiger partial charge in [0.15, 0.2) is 0 Å². The van der Waals surface area contributed by atoms with E-state index in [1.807, 2.05) is 12.2 Å². The van der Waals surface area contributed by atoms with Crippen molar-refractivity contribution in [3.63, 3.8) is 0 Å². The fourth-order valence-corrected chi connectivity index (χ4v) is 6.84. The molecule has 0 aliphatic rings. The van der Waals surface area contributed by atoms with Gasteiger partial charge >= 0.3 is 5.97 Å². The lowest BCUT2D eigenvalue weighted by molar-refractivity contribution is -0.132. The Balaban J connectivity index is 3.81. The minimum absolute atomic E-state index is 0.321. The smallest absolute Gasteiger partial charge is 0.331 e. The van der Waals surface area contributed by atoms with Crippen LogP contribution in [0.1, 0.15) is 245 Å². The van der Waals surface area contributed by atoms with Gasteiger partial charge in [-0.25, -0.2) is 4.79 Å². The van der Waals surface area contributed by atoms with Gasteiger partial charge in [0, 0.05) is 11.1 Å². The first-order chi connectivity index (χ1) is 23.5. The van der Waals surface area contributed by atoms with Crippen molar-refractivity contribution in [3.8, 4) is 0 Å². The van der Waals surface area contributed by atoms with Crippen molar-refractivity contribution in [2.75, 3.05) is 0 Å². The highest BCUT2D eigenvalue weighted by molar-refractivity contribution is 5.91.